The molecule has 20 heavy (non-hydrogen) atoms. The number of likely N-dealkylation sites (tertiary alicyclic amines) is 1. The van der Waals surface area contributed by atoms with Gasteiger partial charge in [-0.2, -0.15) is 11.8 Å². The molecule has 3 rings (SSSR count). The Morgan fingerprint density at radius 2 is 1.65 bits per heavy atom. The van der Waals surface area contributed by atoms with Crippen LogP contribution < -0.4 is 5.73 Å². The van der Waals surface area contributed by atoms with Gasteiger partial charge in [0, 0.05) is 30.6 Å². The first-order chi connectivity index (χ1) is 9.33. The zero-order valence-corrected chi connectivity index (χ0v) is 15.3. The molecule has 4 nitrogen and oxygen atoms in total. The van der Waals surface area contributed by atoms with Gasteiger partial charge in [-0.3, -0.25) is 0 Å². The topological polar surface area (TPSA) is 44.9 Å². The number of nitrogens with two attached hydrogens (primary N) is 1. The van der Waals surface area contributed by atoms with Crippen molar-refractivity contribution in [2.45, 2.75) is 44.2 Å². The van der Waals surface area contributed by atoms with Crippen LogP contribution in [-0.4, -0.2) is 65.5 Å². The van der Waals surface area contributed by atoms with Crippen molar-refractivity contribution < 1.29 is 0 Å². The molecule has 0 bridgehead atoms. The molecular weight excluding hydrogens is 383 g/mol. The number of aliphatic imine (C=N–C) groups is 1. The van der Waals surface area contributed by atoms with Gasteiger partial charge in [0.1, 0.15) is 0 Å². The Hall–Kier alpha value is 0.310. The molecule has 0 aromatic heterocycles. The van der Waals surface area contributed by atoms with E-state index >= 15 is 0 Å². The van der Waals surface area contributed by atoms with Crippen LogP contribution in [0.5, 0.6) is 0 Å². The quantitative estimate of drug-likeness (QED) is 0.430. The van der Waals surface area contributed by atoms with Crippen LogP contribution in [0.2, 0.25) is 0 Å². The maximum Gasteiger partial charge on any atom is 0.191 e. The van der Waals surface area contributed by atoms with Crippen LogP contribution in [-0.2, 0) is 0 Å². The predicted molar refractivity (Wildman–Crippen MR) is 98.2 cm³/mol. The number of thioether (sulfide) groups is 1. The molecule has 6 heteroatoms. The molecule has 0 unspecified atom stereocenters. The van der Waals surface area contributed by atoms with E-state index in [1.165, 1.54) is 56.7 Å². The van der Waals surface area contributed by atoms with Crippen LogP contribution >= 0.6 is 35.7 Å². The smallest absolute Gasteiger partial charge is 0.191 e. The van der Waals surface area contributed by atoms with Gasteiger partial charge in [0.25, 0.3) is 0 Å². The summed E-state index contributed by atoms with van der Waals surface area (Å²) in [5, 5.41) is 0. The van der Waals surface area contributed by atoms with Gasteiger partial charge in [-0.25, -0.2) is 4.99 Å². The van der Waals surface area contributed by atoms with E-state index in [1.54, 1.807) is 0 Å². The molecule has 2 saturated heterocycles. The van der Waals surface area contributed by atoms with E-state index in [4.69, 9.17) is 10.7 Å². The summed E-state index contributed by atoms with van der Waals surface area (Å²) < 4.78 is 0. The highest BCUT2D eigenvalue weighted by Gasteiger charge is 2.34. The summed E-state index contributed by atoms with van der Waals surface area (Å²) in [5.41, 5.74) is 6.14. The summed E-state index contributed by atoms with van der Waals surface area (Å²) in [6.45, 7) is 4.75. The molecule has 0 aromatic rings. The monoisotopic (exact) mass is 410 g/mol. The van der Waals surface area contributed by atoms with E-state index in [0.717, 1.165) is 25.1 Å². The van der Waals surface area contributed by atoms with Crippen molar-refractivity contribution in [3.05, 3.63) is 0 Å². The number of nitrogens with zero attached hydrogens (tertiary/aromatic N) is 3. The summed E-state index contributed by atoms with van der Waals surface area (Å²) in [4.78, 5) is 9.66. The van der Waals surface area contributed by atoms with Gasteiger partial charge in [0.15, 0.2) is 5.96 Å². The zero-order chi connectivity index (χ0) is 13.1. The van der Waals surface area contributed by atoms with Crippen LogP contribution in [0.15, 0.2) is 4.99 Å². The molecule has 2 N–H and O–H groups in total. The lowest BCUT2D eigenvalue weighted by Gasteiger charge is -2.43. The van der Waals surface area contributed by atoms with Crippen molar-refractivity contribution >= 4 is 41.7 Å². The van der Waals surface area contributed by atoms with Gasteiger partial charge >= 0.3 is 0 Å². The van der Waals surface area contributed by atoms with E-state index in [0.29, 0.717) is 6.04 Å². The summed E-state index contributed by atoms with van der Waals surface area (Å²) in [5.74, 6) is 3.18. The number of hydrogen-bond donors (Lipinski definition) is 1. The van der Waals surface area contributed by atoms with E-state index in [2.05, 4.69) is 9.80 Å². The van der Waals surface area contributed by atoms with Crippen LogP contribution in [0.25, 0.3) is 0 Å². The van der Waals surface area contributed by atoms with E-state index < -0.39 is 0 Å². The summed E-state index contributed by atoms with van der Waals surface area (Å²) in [6, 6.07) is 1.28. The Balaban J connectivity index is 0.00000147. The maximum absolute atomic E-state index is 6.14. The third-order valence-corrected chi connectivity index (χ3v) is 5.59. The fraction of sp³-hybridized carbons (Fsp3) is 0.929. The highest BCUT2D eigenvalue weighted by atomic mass is 127. The average molecular weight is 410 g/mol. The summed E-state index contributed by atoms with van der Waals surface area (Å²) in [7, 11) is 0. The number of hydrogen-bond acceptors (Lipinski definition) is 3. The van der Waals surface area contributed by atoms with Crippen molar-refractivity contribution in [1.29, 1.82) is 0 Å². The Morgan fingerprint density at radius 1 is 1.00 bits per heavy atom. The highest BCUT2D eigenvalue weighted by molar-refractivity contribution is 14.0. The largest absolute Gasteiger partial charge is 0.370 e. The maximum atomic E-state index is 6.14. The third kappa shape index (κ3) is 4.16. The van der Waals surface area contributed by atoms with Crippen LogP contribution in [0, 0.1) is 0 Å². The van der Waals surface area contributed by atoms with Crippen molar-refractivity contribution in [1.82, 2.24) is 9.80 Å². The van der Waals surface area contributed by atoms with Gasteiger partial charge in [0.2, 0.25) is 0 Å². The fourth-order valence-electron chi connectivity index (χ4n) is 3.31. The zero-order valence-electron chi connectivity index (χ0n) is 12.2. The minimum absolute atomic E-state index is 0. The Labute approximate surface area is 143 Å². The minimum atomic E-state index is 0. The molecular formula is C14H27IN4S. The first-order valence-corrected chi connectivity index (χ1v) is 8.88. The van der Waals surface area contributed by atoms with Crippen molar-refractivity contribution in [3.8, 4) is 0 Å². The van der Waals surface area contributed by atoms with Crippen molar-refractivity contribution in [2.24, 2.45) is 10.7 Å². The lowest BCUT2D eigenvalue weighted by atomic mass is 9.85. The summed E-state index contributed by atoms with van der Waals surface area (Å²) in [6.07, 6.45) is 6.65. The van der Waals surface area contributed by atoms with Gasteiger partial charge < -0.3 is 15.5 Å². The molecule has 0 spiro atoms. The van der Waals surface area contributed by atoms with E-state index in [1.807, 2.05) is 11.8 Å². The lowest BCUT2D eigenvalue weighted by molar-refractivity contribution is 0.0908. The number of guanidine groups is 1. The lowest BCUT2D eigenvalue weighted by Crippen LogP contribution is -2.50. The predicted octanol–water partition coefficient (Wildman–Crippen LogP) is 1.98. The molecule has 2 heterocycles. The van der Waals surface area contributed by atoms with Gasteiger partial charge in [-0.1, -0.05) is 6.42 Å². The number of rotatable bonds is 2. The molecule has 0 aromatic carbocycles. The minimum Gasteiger partial charge on any atom is -0.370 e. The van der Waals surface area contributed by atoms with Gasteiger partial charge in [-0.15, -0.1) is 24.0 Å². The summed E-state index contributed by atoms with van der Waals surface area (Å²) >= 11 is 2.01. The highest BCUT2D eigenvalue weighted by Crippen LogP contribution is 2.30. The van der Waals surface area contributed by atoms with E-state index in [-0.39, 0.29) is 24.0 Å². The second-order valence-corrected chi connectivity index (χ2v) is 7.19. The molecule has 2 aliphatic heterocycles. The molecule has 3 fully saturated rings. The van der Waals surface area contributed by atoms with Crippen molar-refractivity contribution in [2.75, 3.05) is 37.7 Å². The SMILES string of the molecule is I.NC(=NC1CC(N2CCCCC2)C1)N1CCSCC1. The third-order valence-electron chi connectivity index (χ3n) is 4.65. The Morgan fingerprint density at radius 3 is 2.30 bits per heavy atom. The molecule has 116 valence electrons. The second kappa shape index (κ2) is 8.08. The standard InChI is InChI=1S/C14H26N4S.HI/c15-14(18-6-8-19-9-7-18)16-12-10-13(11-12)17-4-2-1-3-5-17;/h12-13H,1-11H2,(H2,15,16);1H. The van der Waals surface area contributed by atoms with E-state index in [9.17, 15) is 0 Å². The Bertz CT molecular complexity index is 321. The normalized spacial score (nSPS) is 32.4. The van der Waals surface area contributed by atoms with Gasteiger partial charge in [-0.05, 0) is 38.8 Å². The molecule has 1 aliphatic carbocycles. The average Bonchev–Trinajstić information content (AvgIpc) is 2.44. The van der Waals surface area contributed by atoms with Crippen molar-refractivity contribution in [3.63, 3.8) is 0 Å². The van der Waals surface area contributed by atoms with Crippen LogP contribution in [0.3, 0.4) is 0 Å². The molecule has 1 saturated carbocycles. The first kappa shape index (κ1) is 16.7. The van der Waals surface area contributed by atoms with Gasteiger partial charge in [0.05, 0.1) is 6.04 Å². The molecule has 3 aliphatic rings. The number of piperidine rings is 1. The fourth-order valence-corrected chi connectivity index (χ4v) is 4.21. The van der Waals surface area contributed by atoms with Crippen LogP contribution in [0.1, 0.15) is 32.1 Å². The van der Waals surface area contributed by atoms with Crippen LogP contribution in [0.4, 0.5) is 0 Å². The number of halogens is 1. The Kier molecular flexibility index (Phi) is 6.74. The molecule has 0 radical (unpaired) electrons. The molecule has 0 amide bonds. The second-order valence-electron chi connectivity index (χ2n) is 5.96. The molecule has 0 atom stereocenters. The first-order valence-electron chi connectivity index (χ1n) is 7.73.